The molecule has 0 saturated carbocycles. The van der Waals surface area contributed by atoms with Crippen LogP contribution < -0.4 is 10.6 Å². The molecule has 5 rings (SSSR count). The summed E-state index contributed by atoms with van der Waals surface area (Å²) in [6, 6.07) is 33.8. The summed E-state index contributed by atoms with van der Waals surface area (Å²) in [6.45, 7) is 10.4. The Balaban J connectivity index is 1.31. The number of benzene rings is 4. The van der Waals surface area contributed by atoms with Crippen molar-refractivity contribution >= 4 is 35.2 Å². The molecule has 4 aromatic carbocycles. The van der Waals surface area contributed by atoms with Crippen LogP contribution in [0.4, 0.5) is 10.5 Å². The van der Waals surface area contributed by atoms with Gasteiger partial charge < -0.3 is 20.3 Å². The van der Waals surface area contributed by atoms with Gasteiger partial charge in [0, 0.05) is 54.9 Å². The first-order chi connectivity index (χ1) is 24.4. The number of alkyl carbamates (subject to hydrolysis) is 1. The summed E-state index contributed by atoms with van der Waals surface area (Å²) in [5.41, 5.74) is 5.11. The number of halogens is 1. The highest BCUT2D eigenvalue weighted by Crippen LogP contribution is 2.34. The second-order valence-corrected chi connectivity index (χ2v) is 14.6. The van der Waals surface area contributed by atoms with Crippen molar-refractivity contribution in [1.82, 2.24) is 15.1 Å². The summed E-state index contributed by atoms with van der Waals surface area (Å²) in [7, 11) is 0. The molecule has 1 fully saturated rings. The van der Waals surface area contributed by atoms with E-state index in [4.69, 9.17) is 16.3 Å². The fourth-order valence-corrected chi connectivity index (χ4v) is 6.70. The lowest BCUT2D eigenvalue weighted by atomic mass is 9.94. The minimum atomic E-state index is -0.613. The number of nitrogens with zero attached hydrogens (tertiary/aromatic N) is 2. The maximum atomic E-state index is 14.2. The van der Waals surface area contributed by atoms with Gasteiger partial charge in [-0.15, -0.1) is 0 Å². The Kier molecular flexibility index (Phi) is 12.9. The lowest BCUT2D eigenvalue weighted by Gasteiger charge is -2.42. The van der Waals surface area contributed by atoms with E-state index in [1.54, 1.807) is 20.8 Å². The van der Waals surface area contributed by atoms with Crippen molar-refractivity contribution < 1.29 is 19.1 Å². The third-order valence-corrected chi connectivity index (χ3v) is 9.33. The first-order valence-corrected chi connectivity index (χ1v) is 18.1. The van der Waals surface area contributed by atoms with Gasteiger partial charge in [0.25, 0.3) is 0 Å². The van der Waals surface area contributed by atoms with Crippen molar-refractivity contribution in [3.05, 3.63) is 125 Å². The summed E-state index contributed by atoms with van der Waals surface area (Å²) in [5.74, 6) is -0.134. The van der Waals surface area contributed by atoms with E-state index >= 15 is 0 Å². The van der Waals surface area contributed by atoms with Gasteiger partial charge in [-0.3, -0.25) is 14.5 Å². The number of carbonyl (C=O) groups is 3. The van der Waals surface area contributed by atoms with Crippen LogP contribution >= 0.6 is 11.6 Å². The van der Waals surface area contributed by atoms with Crippen LogP contribution in [0.15, 0.2) is 103 Å². The van der Waals surface area contributed by atoms with Crippen LogP contribution in [0.2, 0.25) is 5.02 Å². The number of hydrogen-bond acceptors (Lipinski definition) is 5. The maximum absolute atomic E-state index is 14.2. The standard InChI is InChI=1S/C42H49ClN4O4/c1-30(33-13-10-14-34(28-33)37-15-8-9-16-38(37)45-39(48)21-24-44-41(50)51-42(2,3)4)47(40(49)27-31-17-19-35(43)20-18-31)36-22-25-46(26-23-36)29-32-11-6-5-7-12-32/h5-20,28,30,36H,21-27,29H2,1-4H3,(H,44,50)(H,45,48). The quantitative estimate of drug-likeness (QED) is 0.154. The molecule has 1 aliphatic rings. The number of rotatable bonds is 12. The average molecular weight is 709 g/mol. The number of ether oxygens (including phenoxy) is 1. The molecule has 0 aromatic heterocycles. The molecule has 1 saturated heterocycles. The number of amides is 3. The molecule has 4 aromatic rings. The molecule has 0 radical (unpaired) electrons. The third kappa shape index (κ3) is 11.2. The van der Waals surface area contributed by atoms with Crippen LogP contribution in [-0.4, -0.2) is 59.0 Å². The van der Waals surface area contributed by atoms with Crippen molar-refractivity contribution in [2.24, 2.45) is 0 Å². The summed E-state index contributed by atoms with van der Waals surface area (Å²) >= 11 is 6.15. The van der Waals surface area contributed by atoms with Gasteiger partial charge in [0.2, 0.25) is 11.8 Å². The SMILES string of the molecule is CC(c1cccc(-c2ccccc2NC(=O)CCNC(=O)OC(C)(C)C)c1)N(C(=O)Cc1ccc(Cl)cc1)C1CCN(Cc2ccccc2)CC1. The average Bonchev–Trinajstić information content (AvgIpc) is 3.10. The molecule has 268 valence electrons. The van der Waals surface area contributed by atoms with E-state index in [2.05, 4.69) is 63.8 Å². The Hall–Kier alpha value is -4.66. The van der Waals surface area contributed by atoms with E-state index in [1.807, 2.05) is 66.7 Å². The maximum Gasteiger partial charge on any atom is 0.407 e. The molecule has 1 atom stereocenters. The Labute approximate surface area is 307 Å². The Morgan fingerprint density at radius 1 is 0.882 bits per heavy atom. The van der Waals surface area contributed by atoms with E-state index in [0.29, 0.717) is 17.1 Å². The van der Waals surface area contributed by atoms with Crippen molar-refractivity contribution in [3.8, 4) is 11.1 Å². The van der Waals surface area contributed by atoms with Gasteiger partial charge in [-0.1, -0.05) is 90.5 Å². The largest absolute Gasteiger partial charge is 0.444 e. The molecule has 2 N–H and O–H groups in total. The second kappa shape index (κ2) is 17.5. The molecule has 0 aliphatic carbocycles. The van der Waals surface area contributed by atoms with E-state index < -0.39 is 11.7 Å². The molecule has 8 nitrogen and oxygen atoms in total. The van der Waals surface area contributed by atoms with Gasteiger partial charge in [0.05, 0.1) is 12.5 Å². The number of hydrogen-bond donors (Lipinski definition) is 2. The Morgan fingerprint density at radius 2 is 1.57 bits per heavy atom. The van der Waals surface area contributed by atoms with Gasteiger partial charge in [-0.05, 0) is 87.1 Å². The molecule has 3 amide bonds. The number of nitrogens with one attached hydrogen (secondary N) is 2. The first-order valence-electron chi connectivity index (χ1n) is 17.7. The number of likely N-dealkylation sites (tertiary alicyclic amines) is 1. The second-order valence-electron chi connectivity index (χ2n) is 14.2. The van der Waals surface area contributed by atoms with E-state index in [9.17, 15) is 14.4 Å². The zero-order chi connectivity index (χ0) is 36.4. The number of para-hydroxylation sites is 1. The summed E-state index contributed by atoms with van der Waals surface area (Å²) < 4.78 is 5.26. The van der Waals surface area contributed by atoms with Crippen LogP contribution in [0.5, 0.6) is 0 Å². The zero-order valence-electron chi connectivity index (χ0n) is 30.0. The molecule has 0 spiro atoms. The van der Waals surface area contributed by atoms with Crippen LogP contribution in [-0.2, 0) is 27.3 Å². The normalized spacial score (nSPS) is 14.4. The van der Waals surface area contributed by atoms with Crippen molar-refractivity contribution in [1.29, 1.82) is 0 Å². The molecular formula is C42H49ClN4O4. The molecule has 9 heteroatoms. The minimum absolute atomic E-state index is 0.0874. The third-order valence-electron chi connectivity index (χ3n) is 9.07. The van der Waals surface area contributed by atoms with Gasteiger partial charge in [0.1, 0.15) is 5.60 Å². The van der Waals surface area contributed by atoms with Gasteiger partial charge in [-0.2, -0.15) is 0 Å². The van der Waals surface area contributed by atoms with E-state index in [0.717, 1.165) is 54.7 Å². The lowest BCUT2D eigenvalue weighted by molar-refractivity contribution is -0.136. The molecule has 0 bridgehead atoms. The molecule has 1 unspecified atom stereocenters. The predicted octanol–water partition coefficient (Wildman–Crippen LogP) is 8.66. The molecule has 1 heterocycles. The van der Waals surface area contributed by atoms with Gasteiger partial charge >= 0.3 is 6.09 Å². The van der Waals surface area contributed by atoms with Crippen LogP contribution in [0.25, 0.3) is 11.1 Å². The summed E-state index contributed by atoms with van der Waals surface area (Å²) in [4.78, 5) is 43.7. The van der Waals surface area contributed by atoms with Crippen molar-refractivity contribution in [3.63, 3.8) is 0 Å². The highest BCUT2D eigenvalue weighted by Gasteiger charge is 2.32. The number of anilines is 1. The molecular weight excluding hydrogens is 660 g/mol. The highest BCUT2D eigenvalue weighted by molar-refractivity contribution is 6.30. The minimum Gasteiger partial charge on any atom is -0.444 e. The fourth-order valence-electron chi connectivity index (χ4n) is 6.58. The van der Waals surface area contributed by atoms with Gasteiger partial charge in [-0.25, -0.2) is 4.79 Å². The summed E-state index contributed by atoms with van der Waals surface area (Å²) in [5, 5.41) is 6.30. The topological polar surface area (TPSA) is 91.0 Å². The zero-order valence-corrected chi connectivity index (χ0v) is 30.8. The van der Waals surface area contributed by atoms with E-state index in [1.165, 1.54) is 5.56 Å². The number of carbonyl (C=O) groups excluding carboxylic acids is 3. The Bertz CT molecular complexity index is 1770. The predicted molar refractivity (Wildman–Crippen MR) is 205 cm³/mol. The number of piperidine rings is 1. The first kappa shape index (κ1) is 37.6. The Morgan fingerprint density at radius 3 is 2.27 bits per heavy atom. The van der Waals surface area contributed by atoms with Crippen LogP contribution in [0, 0.1) is 0 Å². The van der Waals surface area contributed by atoms with Crippen LogP contribution in [0.3, 0.4) is 0 Å². The smallest absolute Gasteiger partial charge is 0.407 e. The fraction of sp³-hybridized carbons (Fsp3) is 0.357. The summed E-state index contributed by atoms with van der Waals surface area (Å²) in [6.07, 6.45) is 1.62. The van der Waals surface area contributed by atoms with Crippen LogP contribution in [0.1, 0.15) is 69.7 Å². The monoisotopic (exact) mass is 708 g/mol. The van der Waals surface area contributed by atoms with Gasteiger partial charge in [0.15, 0.2) is 0 Å². The van der Waals surface area contributed by atoms with Crippen molar-refractivity contribution in [2.45, 2.75) is 77.6 Å². The van der Waals surface area contributed by atoms with Crippen molar-refractivity contribution in [2.75, 3.05) is 25.0 Å². The highest BCUT2D eigenvalue weighted by atomic mass is 35.5. The lowest BCUT2D eigenvalue weighted by Crippen LogP contribution is -2.48. The molecule has 51 heavy (non-hydrogen) atoms. The molecule has 1 aliphatic heterocycles. The van der Waals surface area contributed by atoms with E-state index in [-0.39, 0.29) is 36.9 Å².